The van der Waals surface area contributed by atoms with E-state index in [1.807, 2.05) is 32.0 Å². The molecule has 1 saturated carbocycles. The molecule has 1 aliphatic rings. The van der Waals surface area contributed by atoms with Crippen LogP contribution in [-0.2, 0) is 4.79 Å². The molecule has 0 aliphatic heterocycles. The van der Waals surface area contributed by atoms with Gasteiger partial charge in [-0.25, -0.2) is 4.98 Å². The fourth-order valence-electron chi connectivity index (χ4n) is 2.02. The van der Waals surface area contributed by atoms with Gasteiger partial charge in [-0.05, 0) is 31.9 Å². The number of halogens is 1. The molecule has 114 valence electrons. The van der Waals surface area contributed by atoms with E-state index in [4.69, 9.17) is 10.2 Å². The predicted octanol–water partition coefficient (Wildman–Crippen LogP) is 3.05. The fraction of sp³-hybridized carbons (Fsp3) is 0.467. The lowest BCUT2D eigenvalue weighted by Crippen LogP contribution is -2.34. The molecule has 1 aliphatic carbocycles. The third-order valence-corrected chi connectivity index (χ3v) is 3.80. The topological polar surface area (TPSA) is 81.2 Å². The number of carbonyl (C=O) groups excluding carboxylic acids is 1. The summed E-state index contributed by atoms with van der Waals surface area (Å²) in [4.78, 5) is 16.4. The molecule has 1 aromatic heterocycles. The molecule has 1 amide bonds. The number of nitrogens with two attached hydrogens (primary N) is 1. The van der Waals surface area contributed by atoms with Gasteiger partial charge in [-0.3, -0.25) is 4.79 Å². The van der Waals surface area contributed by atoms with Crippen LogP contribution >= 0.6 is 12.4 Å². The monoisotopic (exact) mass is 309 g/mol. The average molecular weight is 310 g/mol. The Labute approximate surface area is 129 Å². The lowest BCUT2D eigenvalue weighted by Gasteiger charge is -2.15. The molecule has 2 unspecified atom stereocenters. The van der Waals surface area contributed by atoms with Crippen molar-refractivity contribution >= 4 is 35.1 Å². The Bertz CT molecular complexity index is 649. The van der Waals surface area contributed by atoms with Crippen LogP contribution in [0.25, 0.3) is 11.1 Å². The standard InChI is InChI=1S/C15H19N3O2.ClH/c1-8(9(2)16)14(19)17-11-5-6-12-13(7-11)20-15(18-12)10-3-4-10;/h5-10H,3-4,16H2,1-2H3,(H,17,19);1H. The summed E-state index contributed by atoms with van der Waals surface area (Å²) in [7, 11) is 0. The fourth-order valence-corrected chi connectivity index (χ4v) is 2.02. The minimum Gasteiger partial charge on any atom is -0.440 e. The van der Waals surface area contributed by atoms with E-state index in [0.717, 1.165) is 29.8 Å². The van der Waals surface area contributed by atoms with Gasteiger partial charge in [0.1, 0.15) is 5.52 Å². The Kier molecular flexibility index (Phi) is 4.54. The molecule has 0 bridgehead atoms. The number of nitrogens with one attached hydrogen (secondary N) is 1. The van der Waals surface area contributed by atoms with Crippen LogP contribution in [0.3, 0.4) is 0 Å². The first kappa shape index (κ1) is 15.8. The van der Waals surface area contributed by atoms with Gasteiger partial charge < -0.3 is 15.5 Å². The van der Waals surface area contributed by atoms with Crippen LogP contribution in [0.5, 0.6) is 0 Å². The zero-order valence-corrected chi connectivity index (χ0v) is 12.9. The number of oxazole rings is 1. The van der Waals surface area contributed by atoms with Gasteiger partial charge in [-0.1, -0.05) is 6.92 Å². The maximum absolute atomic E-state index is 12.0. The number of hydrogen-bond donors (Lipinski definition) is 2. The van der Waals surface area contributed by atoms with Crippen LogP contribution in [0.15, 0.2) is 22.6 Å². The molecule has 6 heteroatoms. The van der Waals surface area contributed by atoms with Crippen LogP contribution in [0.1, 0.15) is 38.5 Å². The smallest absolute Gasteiger partial charge is 0.228 e. The molecule has 3 N–H and O–H groups in total. The van der Waals surface area contributed by atoms with E-state index >= 15 is 0 Å². The number of amides is 1. The van der Waals surface area contributed by atoms with Gasteiger partial charge in [0.2, 0.25) is 5.91 Å². The molecule has 2 aromatic rings. The van der Waals surface area contributed by atoms with Crippen molar-refractivity contribution in [2.45, 2.75) is 38.6 Å². The summed E-state index contributed by atoms with van der Waals surface area (Å²) >= 11 is 0. The third kappa shape index (κ3) is 3.36. The molecule has 5 nitrogen and oxygen atoms in total. The van der Waals surface area contributed by atoms with Crippen molar-refractivity contribution in [3.05, 3.63) is 24.1 Å². The molecule has 1 heterocycles. The second-order valence-electron chi connectivity index (χ2n) is 5.65. The number of anilines is 1. The number of hydrogen-bond acceptors (Lipinski definition) is 4. The third-order valence-electron chi connectivity index (χ3n) is 3.80. The Morgan fingerprint density at radius 2 is 2.14 bits per heavy atom. The quantitative estimate of drug-likeness (QED) is 0.909. The Hall–Kier alpha value is -1.59. The summed E-state index contributed by atoms with van der Waals surface area (Å²) in [5.41, 5.74) is 8.01. The van der Waals surface area contributed by atoms with Gasteiger partial charge in [-0.15, -0.1) is 12.4 Å². The zero-order valence-electron chi connectivity index (χ0n) is 12.1. The van der Waals surface area contributed by atoms with Crippen LogP contribution in [0.4, 0.5) is 5.69 Å². The molecule has 3 rings (SSSR count). The minimum atomic E-state index is -0.234. The molecule has 0 radical (unpaired) electrons. The summed E-state index contributed by atoms with van der Waals surface area (Å²) in [6.45, 7) is 3.64. The molecule has 1 aromatic carbocycles. The summed E-state index contributed by atoms with van der Waals surface area (Å²) in [5.74, 6) is 0.981. The van der Waals surface area contributed by atoms with E-state index in [1.54, 1.807) is 0 Å². The molecular formula is C15H20ClN3O2. The normalized spacial score (nSPS) is 17.1. The van der Waals surface area contributed by atoms with E-state index in [9.17, 15) is 4.79 Å². The van der Waals surface area contributed by atoms with Gasteiger partial charge in [0.15, 0.2) is 11.5 Å². The number of nitrogens with zero attached hydrogens (tertiary/aromatic N) is 1. The Morgan fingerprint density at radius 3 is 2.76 bits per heavy atom. The molecule has 1 fully saturated rings. The lowest BCUT2D eigenvalue weighted by molar-refractivity contribution is -0.119. The molecular weight excluding hydrogens is 290 g/mol. The first-order valence-electron chi connectivity index (χ1n) is 7.01. The van der Waals surface area contributed by atoms with Gasteiger partial charge in [0.25, 0.3) is 0 Å². The highest BCUT2D eigenvalue weighted by Gasteiger charge is 2.29. The maximum Gasteiger partial charge on any atom is 0.228 e. The number of carbonyl (C=O) groups is 1. The van der Waals surface area contributed by atoms with Gasteiger partial charge in [-0.2, -0.15) is 0 Å². The van der Waals surface area contributed by atoms with Crippen molar-refractivity contribution in [1.82, 2.24) is 4.98 Å². The van der Waals surface area contributed by atoms with Crippen molar-refractivity contribution in [2.24, 2.45) is 11.7 Å². The number of fused-ring (bicyclic) bond motifs is 1. The second-order valence-corrected chi connectivity index (χ2v) is 5.65. The van der Waals surface area contributed by atoms with Gasteiger partial charge in [0, 0.05) is 23.7 Å². The van der Waals surface area contributed by atoms with Crippen molar-refractivity contribution in [3.8, 4) is 0 Å². The van der Waals surface area contributed by atoms with Crippen LogP contribution in [0, 0.1) is 5.92 Å². The molecule has 0 spiro atoms. The molecule has 21 heavy (non-hydrogen) atoms. The van der Waals surface area contributed by atoms with E-state index in [1.165, 1.54) is 0 Å². The Morgan fingerprint density at radius 1 is 1.43 bits per heavy atom. The average Bonchev–Trinajstić information content (AvgIpc) is 3.17. The van der Waals surface area contributed by atoms with Crippen molar-refractivity contribution in [2.75, 3.05) is 5.32 Å². The highest BCUT2D eigenvalue weighted by atomic mass is 35.5. The van der Waals surface area contributed by atoms with Gasteiger partial charge >= 0.3 is 0 Å². The highest BCUT2D eigenvalue weighted by molar-refractivity contribution is 5.94. The maximum atomic E-state index is 12.0. The van der Waals surface area contributed by atoms with Gasteiger partial charge in [0.05, 0.1) is 5.92 Å². The number of aromatic nitrogens is 1. The lowest BCUT2D eigenvalue weighted by atomic mass is 10.0. The summed E-state index contributed by atoms with van der Waals surface area (Å²) in [5, 5.41) is 2.86. The van der Waals surface area contributed by atoms with Crippen molar-refractivity contribution in [1.29, 1.82) is 0 Å². The first-order chi connectivity index (χ1) is 9.54. The van der Waals surface area contributed by atoms with E-state index in [-0.39, 0.29) is 30.3 Å². The molecule has 2 atom stereocenters. The second kappa shape index (κ2) is 6.03. The zero-order chi connectivity index (χ0) is 14.3. The molecule has 0 saturated heterocycles. The summed E-state index contributed by atoms with van der Waals surface area (Å²) < 4.78 is 5.74. The van der Waals surface area contributed by atoms with Crippen molar-refractivity contribution < 1.29 is 9.21 Å². The van der Waals surface area contributed by atoms with E-state index in [2.05, 4.69) is 10.3 Å². The SMILES string of the molecule is CC(N)C(C)C(=O)Nc1ccc2nc(C3CC3)oc2c1.Cl. The van der Waals surface area contributed by atoms with Crippen molar-refractivity contribution in [3.63, 3.8) is 0 Å². The van der Waals surface area contributed by atoms with E-state index in [0.29, 0.717) is 11.6 Å². The highest BCUT2D eigenvalue weighted by Crippen LogP contribution is 2.40. The van der Waals surface area contributed by atoms with Crippen LogP contribution in [-0.4, -0.2) is 16.9 Å². The summed E-state index contributed by atoms with van der Waals surface area (Å²) in [6, 6.07) is 5.36. The minimum absolute atomic E-state index is 0. The van der Waals surface area contributed by atoms with E-state index < -0.39 is 0 Å². The first-order valence-corrected chi connectivity index (χ1v) is 7.01. The van der Waals surface area contributed by atoms with Crippen LogP contribution < -0.4 is 11.1 Å². The number of benzene rings is 1. The predicted molar refractivity (Wildman–Crippen MR) is 84.7 cm³/mol. The summed E-state index contributed by atoms with van der Waals surface area (Å²) in [6.07, 6.45) is 2.31. The van der Waals surface area contributed by atoms with Crippen LogP contribution in [0.2, 0.25) is 0 Å². The Balaban J connectivity index is 0.00000161. The largest absolute Gasteiger partial charge is 0.440 e. The number of rotatable bonds is 4.